The number of nitrogens with zero attached hydrogens (tertiary/aromatic N) is 1. The van der Waals surface area contributed by atoms with E-state index >= 15 is 0 Å². The number of hydrogen-bond acceptors (Lipinski definition) is 2. The van der Waals surface area contributed by atoms with E-state index in [1.807, 2.05) is 24.0 Å². The molecule has 1 amide bonds. The van der Waals surface area contributed by atoms with Crippen molar-refractivity contribution in [2.24, 2.45) is 11.8 Å². The lowest BCUT2D eigenvalue weighted by atomic mass is 10.0. The Morgan fingerprint density at radius 1 is 1.24 bits per heavy atom. The molecule has 0 radical (unpaired) electrons. The number of amides is 1. The molecule has 2 rings (SSSR count). The number of rotatable bonds is 3. The number of aryl methyl sites for hydroxylation is 1. The highest BCUT2D eigenvalue weighted by Gasteiger charge is 2.29. The van der Waals surface area contributed by atoms with Gasteiger partial charge >= 0.3 is 5.97 Å². The molecule has 4 heteroatoms. The monoisotopic (exact) mass is 287 g/mol. The van der Waals surface area contributed by atoms with Crippen LogP contribution < -0.4 is 0 Å². The average Bonchev–Trinajstić information content (AvgIpc) is 2.77. The minimum atomic E-state index is -0.992. The zero-order chi connectivity index (χ0) is 15.6. The Morgan fingerprint density at radius 2 is 1.86 bits per heavy atom. The molecule has 112 valence electrons. The average molecular weight is 287 g/mol. The highest BCUT2D eigenvalue weighted by atomic mass is 16.4. The molecular weight excluding hydrogens is 266 g/mol. The van der Waals surface area contributed by atoms with Gasteiger partial charge in [0.1, 0.15) is 0 Å². The molecule has 1 aliphatic heterocycles. The smallest absolute Gasteiger partial charge is 0.328 e. The van der Waals surface area contributed by atoms with E-state index in [0.717, 1.165) is 30.3 Å². The summed E-state index contributed by atoms with van der Waals surface area (Å²) >= 11 is 0. The van der Waals surface area contributed by atoms with E-state index in [1.165, 1.54) is 6.08 Å². The maximum atomic E-state index is 12.5. The van der Waals surface area contributed by atoms with Crippen molar-refractivity contribution in [1.82, 2.24) is 4.90 Å². The Hall–Kier alpha value is -2.10. The Bertz CT molecular complexity index is 582. The largest absolute Gasteiger partial charge is 0.478 e. The highest BCUT2D eigenvalue weighted by molar-refractivity contribution is 5.95. The van der Waals surface area contributed by atoms with E-state index < -0.39 is 5.97 Å². The van der Waals surface area contributed by atoms with Crippen LogP contribution in [0.25, 0.3) is 6.08 Å². The summed E-state index contributed by atoms with van der Waals surface area (Å²) in [7, 11) is 0. The van der Waals surface area contributed by atoms with Gasteiger partial charge in [-0.3, -0.25) is 4.79 Å². The third-order valence-corrected chi connectivity index (χ3v) is 4.21. The number of aliphatic carboxylic acids is 1. The molecule has 2 unspecified atom stereocenters. The molecule has 1 aromatic rings. The highest BCUT2D eigenvalue weighted by Crippen LogP contribution is 2.24. The number of carboxylic acid groups (broad SMARTS) is 1. The van der Waals surface area contributed by atoms with Crippen LogP contribution in [0.5, 0.6) is 0 Å². The standard InChI is InChI=1S/C17H21NO3/c1-11-4-5-15(8-14(11)6-7-16(19)20)17(21)18-9-12(2)13(3)10-18/h4-8,12-13H,9-10H2,1-3H3,(H,19,20)/b7-6+. The van der Waals surface area contributed by atoms with E-state index in [2.05, 4.69) is 13.8 Å². The van der Waals surface area contributed by atoms with Gasteiger partial charge in [-0.1, -0.05) is 19.9 Å². The molecule has 1 aliphatic rings. The Labute approximate surface area is 125 Å². The molecule has 0 aliphatic carbocycles. The van der Waals surface area contributed by atoms with Gasteiger partial charge in [-0.05, 0) is 48.1 Å². The summed E-state index contributed by atoms with van der Waals surface area (Å²) in [5, 5.41) is 8.71. The molecule has 1 N–H and O–H groups in total. The fraction of sp³-hybridized carbons (Fsp3) is 0.412. The predicted octanol–water partition coefficient (Wildman–Crippen LogP) is 2.82. The van der Waals surface area contributed by atoms with Gasteiger partial charge < -0.3 is 10.0 Å². The van der Waals surface area contributed by atoms with Crippen molar-refractivity contribution in [3.05, 3.63) is 41.0 Å². The number of carboxylic acids is 1. The first-order chi connectivity index (χ1) is 9.88. The summed E-state index contributed by atoms with van der Waals surface area (Å²) < 4.78 is 0. The topological polar surface area (TPSA) is 57.6 Å². The number of carbonyl (C=O) groups excluding carboxylic acids is 1. The number of likely N-dealkylation sites (tertiary alicyclic amines) is 1. The van der Waals surface area contributed by atoms with Gasteiger partial charge in [-0.15, -0.1) is 0 Å². The van der Waals surface area contributed by atoms with Gasteiger partial charge in [0.15, 0.2) is 0 Å². The Balaban J connectivity index is 2.22. The molecular formula is C17H21NO3. The van der Waals surface area contributed by atoms with Crippen molar-refractivity contribution in [1.29, 1.82) is 0 Å². The first-order valence-corrected chi connectivity index (χ1v) is 7.19. The van der Waals surface area contributed by atoms with Gasteiger partial charge in [-0.2, -0.15) is 0 Å². The predicted molar refractivity (Wildman–Crippen MR) is 82.1 cm³/mol. The van der Waals surface area contributed by atoms with Crippen molar-refractivity contribution < 1.29 is 14.7 Å². The van der Waals surface area contributed by atoms with Crippen molar-refractivity contribution in [3.8, 4) is 0 Å². The quantitative estimate of drug-likeness (QED) is 0.870. The van der Waals surface area contributed by atoms with Gasteiger partial charge in [0.05, 0.1) is 0 Å². The molecule has 0 bridgehead atoms. The molecule has 1 saturated heterocycles. The molecule has 2 atom stereocenters. The van der Waals surface area contributed by atoms with Gasteiger partial charge in [0.25, 0.3) is 5.91 Å². The van der Waals surface area contributed by atoms with Gasteiger partial charge in [0, 0.05) is 24.7 Å². The lowest BCUT2D eigenvalue weighted by Crippen LogP contribution is -2.28. The first kappa shape index (κ1) is 15.3. The molecule has 4 nitrogen and oxygen atoms in total. The third-order valence-electron chi connectivity index (χ3n) is 4.21. The normalized spacial score (nSPS) is 22.0. The second kappa shape index (κ2) is 6.12. The SMILES string of the molecule is Cc1ccc(C(=O)N2CC(C)C(C)C2)cc1/C=C/C(=O)O. The Morgan fingerprint density at radius 3 is 2.43 bits per heavy atom. The van der Waals surface area contributed by atoms with Crippen molar-refractivity contribution >= 4 is 18.0 Å². The van der Waals surface area contributed by atoms with E-state index in [-0.39, 0.29) is 5.91 Å². The van der Waals surface area contributed by atoms with Crippen LogP contribution in [-0.4, -0.2) is 35.0 Å². The number of carbonyl (C=O) groups is 2. The van der Waals surface area contributed by atoms with Crippen LogP contribution in [0.1, 0.15) is 35.3 Å². The van der Waals surface area contributed by atoms with Crippen LogP contribution in [0.15, 0.2) is 24.3 Å². The van der Waals surface area contributed by atoms with Gasteiger partial charge in [-0.25, -0.2) is 4.79 Å². The molecule has 1 fully saturated rings. The van der Waals surface area contributed by atoms with Crippen LogP contribution in [-0.2, 0) is 4.79 Å². The van der Waals surface area contributed by atoms with Crippen molar-refractivity contribution in [3.63, 3.8) is 0 Å². The number of hydrogen-bond donors (Lipinski definition) is 1. The summed E-state index contributed by atoms with van der Waals surface area (Å²) in [5.41, 5.74) is 2.34. The van der Waals surface area contributed by atoms with Crippen molar-refractivity contribution in [2.75, 3.05) is 13.1 Å². The second-order valence-corrected chi connectivity index (χ2v) is 5.91. The summed E-state index contributed by atoms with van der Waals surface area (Å²) in [6.07, 6.45) is 2.63. The summed E-state index contributed by atoms with van der Waals surface area (Å²) in [6.45, 7) is 7.79. The van der Waals surface area contributed by atoms with Crippen LogP contribution in [0.2, 0.25) is 0 Å². The van der Waals surface area contributed by atoms with E-state index in [4.69, 9.17) is 5.11 Å². The van der Waals surface area contributed by atoms with Crippen LogP contribution in [0, 0.1) is 18.8 Å². The molecule has 21 heavy (non-hydrogen) atoms. The van der Waals surface area contributed by atoms with E-state index in [9.17, 15) is 9.59 Å². The number of benzene rings is 1. The maximum Gasteiger partial charge on any atom is 0.328 e. The maximum absolute atomic E-state index is 12.5. The fourth-order valence-corrected chi connectivity index (χ4v) is 2.59. The second-order valence-electron chi connectivity index (χ2n) is 5.91. The summed E-state index contributed by atoms with van der Waals surface area (Å²) in [4.78, 5) is 25.0. The molecule has 0 saturated carbocycles. The first-order valence-electron chi connectivity index (χ1n) is 7.19. The van der Waals surface area contributed by atoms with E-state index in [1.54, 1.807) is 6.07 Å². The lowest BCUT2D eigenvalue weighted by molar-refractivity contribution is -0.131. The minimum absolute atomic E-state index is 0.0242. The van der Waals surface area contributed by atoms with Crippen molar-refractivity contribution in [2.45, 2.75) is 20.8 Å². The lowest BCUT2D eigenvalue weighted by Gasteiger charge is -2.16. The minimum Gasteiger partial charge on any atom is -0.478 e. The summed E-state index contributed by atoms with van der Waals surface area (Å²) in [6, 6.07) is 5.44. The summed E-state index contributed by atoms with van der Waals surface area (Å²) in [5.74, 6) is 0.0704. The molecule has 1 heterocycles. The molecule has 1 aromatic carbocycles. The zero-order valence-electron chi connectivity index (χ0n) is 12.7. The zero-order valence-corrected chi connectivity index (χ0v) is 12.7. The van der Waals surface area contributed by atoms with Gasteiger partial charge in [0.2, 0.25) is 0 Å². The van der Waals surface area contributed by atoms with Crippen LogP contribution in [0.3, 0.4) is 0 Å². The van der Waals surface area contributed by atoms with Crippen LogP contribution in [0.4, 0.5) is 0 Å². The Kier molecular flexibility index (Phi) is 4.46. The molecule has 0 aromatic heterocycles. The molecule has 0 spiro atoms. The van der Waals surface area contributed by atoms with E-state index in [0.29, 0.717) is 17.4 Å². The third kappa shape index (κ3) is 3.51. The van der Waals surface area contributed by atoms with Crippen LogP contribution >= 0.6 is 0 Å². The fourth-order valence-electron chi connectivity index (χ4n) is 2.59.